The molecule has 130 valence electrons. The molecule has 0 aromatic carbocycles. The molecule has 0 bridgehead atoms. The maximum atomic E-state index is 15.4. The van der Waals surface area contributed by atoms with E-state index in [0.29, 0.717) is 4.88 Å². The molecule has 6 nitrogen and oxygen atoms in total. The number of likely N-dealkylation sites (tertiary alicyclic amines) is 1. The highest BCUT2D eigenvalue weighted by atomic mass is 32.1. The normalized spacial score (nSPS) is 28.5. The molecule has 0 unspecified atom stereocenters. The Kier molecular flexibility index (Phi) is 3.40. The van der Waals surface area contributed by atoms with Gasteiger partial charge in [-0.1, -0.05) is 0 Å². The molecule has 2 fully saturated rings. The molecule has 0 saturated carbocycles. The van der Waals surface area contributed by atoms with E-state index >= 15 is 8.78 Å². The summed E-state index contributed by atoms with van der Waals surface area (Å²) >= 11 is 1.22. The molecule has 2 atom stereocenters. The summed E-state index contributed by atoms with van der Waals surface area (Å²) < 4.78 is 30.7. The van der Waals surface area contributed by atoms with Crippen molar-refractivity contribution in [2.24, 2.45) is 0 Å². The number of thiophene rings is 1. The van der Waals surface area contributed by atoms with Crippen molar-refractivity contribution in [3.8, 4) is 0 Å². The molecule has 2 amide bonds. The van der Waals surface area contributed by atoms with Crippen molar-refractivity contribution in [3.63, 3.8) is 0 Å². The minimum Gasteiger partial charge on any atom is -0.331 e. The van der Waals surface area contributed by atoms with Gasteiger partial charge in [-0.2, -0.15) is 0 Å². The van der Waals surface area contributed by atoms with Gasteiger partial charge in [0.25, 0.3) is 11.8 Å². The van der Waals surface area contributed by atoms with Crippen molar-refractivity contribution in [2.75, 3.05) is 24.5 Å². The molecule has 0 aliphatic carbocycles. The van der Waals surface area contributed by atoms with Crippen LogP contribution in [0.5, 0.6) is 0 Å². The lowest BCUT2D eigenvalue weighted by atomic mass is 9.93. The van der Waals surface area contributed by atoms with Crippen molar-refractivity contribution in [1.29, 1.82) is 0 Å². The zero-order chi connectivity index (χ0) is 17.8. The number of nitrogens with zero attached hydrogens (tertiary/aromatic N) is 4. The second-order valence-corrected chi connectivity index (χ2v) is 7.26. The van der Waals surface area contributed by atoms with Gasteiger partial charge in [-0.15, -0.1) is 11.3 Å². The number of hydrogen-bond donors (Lipinski definition) is 0. The van der Waals surface area contributed by atoms with Crippen LogP contribution in [0.25, 0.3) is 0 Å². The number of rotatable bonds is 2. The number of fused-ring (bicyclic) bond motifs is 1. The molecule has 0 radical (unpaired) electrons. The smallest absolute Gasteiger partial charge is 0.270 e. The van der Waals surface area contributed by atoms with Gasteiger partial charge in [-0.25, -0.2) is 18.7 Å². The first-order valence-corrected chi connectivity index (χ1v) is 8.52. The van der Waals surface area contributed by atoms with Crippen LogP contribution in [0.1, 0.15) is 15.2 Å². The average molecular weight is 364 g/mol. The molecular weight excluding hydrogens is 350 g/mol. The van der Waals surface area contributed by atoms with Crippen LogP contribution in [0.2, 0.25) is 0 Å². The Labute approximate surface area is 146 Å². The van der Waals surface area contributed by atoms with Crippen molar-refractivity contribution < 1.29 is 18.4 Å². The number of aryl methyl sites for hydroxylation is 1. The Morgan fingerprint density at radius 2 is 1.96 bits per heavy atom. The Morgan fingerprint density at radius 1 is 1.24 bits per heavy atom. The third-order valence-electron chi connectivity index (χ3n) is 4.76. The zero-order valence-corrected chi connectivity index (χ0v) is 14.1. The van der Waals surface area contributed by atoms with Gasteiger partial charge in [-0.05, 0) is 23.9 Å². The Balaban J connectivity index is 1.63. The Hall–Kier alpha value is -2.42. The number of amides is 2. The summed E-state index contributed by atoms with van der Waals surface area (Å²) in [7, 11) is 0. The zero-order valence-electron chi connectivity index (χ0n) is 13.3. The van der Waals surface area contributed by atoms with Gasteiger partial charge in [-0.3, -0.25) is 9.59 Å². The minimum atomic E-state index is -2.76. The molecule has 2 aliphatic heterocycles. The largest absolute Gasteiger partial charge is 0.331 e. The van der Waals surface area contributed by atoms with Crippen LogP contribution in [-0.2, 0) is 4.79 Å². The monoisotopic (exact) mass is 364 g/mol. The van der Waals surface area contributed by atoms with Crippen LogP contribution in [0.4, 0.5) is 14.5 Å². The van der Waals surface area contributed by atoms with E-state index in [9.17, 15) is 9.59 Å². The second kappa shape index (κ2) is 5.29. The highest BCUT2D eigenvalue weighted by Gasteiger charge is 2.72. The Morgan fingerprint density at radius 3 is 2.56 bits per heavy atom. The predicted octanol–water partition coefficient (Wildman–Crippen LogP) is 1.77. The number of carbonyl (C=O) groups excluding carboxylic acids is 2. The predicted molar refractivity (Wildman–Crippen MR) is 87.0 cm³/mol. The van der Waals surface area contributed by atoms with Crippen molar-refractivity contribution in [1.82, 2.24) is 14.9 Å². The summed E-state index contributed by atoms with van der Waals surface area (Å²) in [6.45, 7) is 0.237. The number of aromatic nitrogens is 2. The van der Waals surface area contributed by atoms with E-state index in [0.717, 1.165) is 15.4 Å². The van der Waals surface area contributed by atoms with Gasteiger partial charge >= 0.3 is 0 Å². The molecule has 2 aromatic heterocycles. The number of alkyl halides is 2. The van der Waals surface area contributed by atoms with E-state index < -0.39 is 42.8 Å². The van der Waals surface area contributed by atoms with Crippen molar-refractivity contribution in [2.45, 2.75) is 18.3 Å². The molecule has 0 spiro atoms. The topological polar surface area (TPSA) is 66.4 Å². The second-order valence-electron chi connectivity index (χ2n) is 6.35. The van der Waals surface area contributed by atoms with Crippen molar-refractivity contribution >= 4 is 28.8 Å². The van der Waals surface area contributed by atoms with Crippen LogP contribution in [0, 0.1) is 6.92 Å². The molecule has 2 aliphatic rings. The van der Waals surface area contributed by atoms with Crippen LogP contribution in [0.15, 0.2) is 30.2 Å². The molecule has 4 heterocycles. The summed E-state index contributed by atoms with van der Waals surface area (Å²) in [5, 5.41) is 1.75. The average Bonchev–Trinajstić information content (AvgIpc) is 3.19. The molecule has 9 heteroatoms. The molecule has 2 aromatic rings. The Bertz CT molecular complexity index is 861. The molecule has 4 rings (SSSR count). The van der Waals surface area contributed by atoms with Gasteiger partial charge < -0.3 is 9.80 Å². The first-order valence-electron chi connectivity index (χ1n) is 7.64. The van der Waals surface area contributed by atoms with E-state index in [1.165, 1.54) is 30.1 Å². The molecule has 0 N–H and O–H groups in total. The van der Waals surface area contributed by atoms with Gasteiger partial charge in [0.2, 0.25) is 5.67 Å². The maximum absolute atomic E-state index is 15.4. The summed E-state index contributed by atoms with van der Waals surface area (Å²) in [5.74, 6) is -1.44. The molecule has 2 saturated heterocycles. The van der Waals surface area contributed by atoms with E-state index in [1.807, 2.05) is 0 Å². The van der Waals surface area contributed by atoms with Gasteiger partial charge in [0.05, 0.1) is 42.6 Å². The van der Waals surface area contributed by atoms with Crippen LogP contribution >= 0.6 is 11.3 Å². The third kappa shape index (κ3) is 2.18. The van der Waals surface area contributed by atoms with Crippen LogP contribution < -0.4 is 4.90 Å². The van der Waals surface area contributed by atoms with Gasteiger partial charge in [0.1, 0.15) is 6.33 Å². The quantitative estimate of drug-likeness (QED) is 0.815. The SMILES string of the molecule is Cc1ccsc1C(=O)N1C[C@@]2(F)CN(c3cncnc3)C(=O)[C@@]2(F)C1. The van der Waals surface area contributed by atoms with E-state index in [2.05, 4.69) is 9.97 Å². The maximum Gasteiger partial charge on any atom is 0.270 e. The highest BCUT2D eigenvalue weighted by molar-refractivity contribution is 7.12. The summed E-state index contributed by atoms with van der Waals surface area (Å²) in [4.78, 5) is 35.2. The number of carbonyl (C=O) groups is 2. The van der Waals surface area contributed by atoms with Gasteiger partial charge in [0, 0.05) is 0 Å². The number of anilines is 1. The number of halogens is 2. The third-order valence-corrected chi connectivity index (χ3v) is 5.76. The highest BCUT2D eigenvalue weighted by Crippen LogP contribution is 2.47. The fourth-order valence-corrected chi connectivity index (χ4v) is 4.27. The van der Waals surface area contributed by atoms with Crippen LogP contribution in [-0.4, -0.2) is 57.7 Å². The number of hydrogen-bond acceptors (Lipinski definition) is 5. The summed E-state index contributed by atoms with van der Waals surface area (Å²) in [6.07, 6.45) is 3.93. The summed E-state index contributed by atoms with van der Waals surface area (Å²) in [5.41, 5.74) is -4.23. The van der Waals surface area contributed by atoms with E-state index in [-0.39, 0.29) is 5.69 Å². The first-order chi connectivity index (χ1) is 11.9. The summed E-state index contributed by atoms with van der Waals surface area (Å²) in [6, 6.07) is 1.77. The lowest BCUT2D eigenvalue weighted by Gasteiger charge is -2.22. The molecular formula is C16H14F2N4O2S. The van der Waals surface area contributed by atoms with Crippen LogP contribution in [0.3, 0.4) is 0 Å². The first kappa shape index (κ1) is 16.1. The lowest BCUT2D eigenvalue weighted by Crippen LogP contribution is -2.47. The van der Waals surface area contributed by atoms with Crippen molar-refractivity contribution in [3.05, 3.63) is 40.6 Å². The molecule has 25 heavy (non-hydrogen) atoms. The van der Waals surface area contributed by atoms with Gasteiger partial charge in [0.15, 0.2) is 5.67 Å². The van der Waals surface area contributed by atoms with E-state index in [1.54, 1.807) is 18.4 Å². The van der Waals surface area contributed by atoms with E-state index in [4.69, 9.17) is 0 Å². The lowest BCUT2D eigenvalue weighted by molar-refractivity contribution is -0.130. The standard InChI is InChI=1S/C16H14F2N4O2S/c1-10-2-3-25-12(10)13(23)21-6-15(17)7-22(11-4-19-9-20-5-11)14(24)16(15,18)8-21/h2-5,9H,6-8H2,1H3/t15-,16+/m1/s1. The minimum absolute atomic E-state index is 0.239. The fraction of sp³-hybridized carbons (Fsp3) is 0.375. The fourth-order valence-electron chi connectivity index (χ4n) is 3.38.